The molecule has 6 rings (SSSR count). The second kappa shape index (κ2) is 7.36. The van der Waals surface area contributed by atoms with Crippen LogP contribution in [0.25, 0.3) is 27.8 Å². The van der Waals surface area contributed by atoms with Crippen molar-refractivity contribution in [2.75, 3.05) is 12.1 Å². The molecular formula is C24H19N7O. The van der Waals surface area contributed by atoms with Gasteiger partial charge in [-0.25, -0.2) is 15.1 Å². The van der Waals surface area contributed by atoms with E-state index in [1.807, 2.05) is 85.0 Å². The zero-order chi connectivity index (χ0) is 21.5. The fourth-order valence-electron chi connectivity index (χ4n) is 3.90. The SMILES string of the molecule is CN1N=CN(c2cccc(Oc3ccc4c5ncccc5n(-c5ccccn5)c4c3)c2)N1. The van der Waals surface area contributed by atoms with E-state index < -0.39 is 0 Å². The van der Waals surface area contributed by atoms with Crippen molar-refractivity contribution in [2.24, 2.45) is 5.10 Å². The summed E-state index contributed by atoms with van der Waals surface area (Å²) in [5.74, 6) is 2.29. The number of aromatic nitrogens is 3. The van der Waals surface area contributed by atoms with Gasteiger partial charge in [0, 0.05) is 37.0 Å². The minimum Gasteiger partial charge on any atom is -0.457 e. The van der Waals surface area contributed by atoms with E-state index >= 15 is 0 Å². The molecule has 5 aromatic rings. The van der Waals surface area contributed by atoms with Crippen molar-refractivity contribution in [2.45, 2.75) is 0 Å². The molecule has 2 aromatic carbocycles. The van der Waals surface area contributed by atoms with Crippen LogP contribution < -0.4 is 15.3 Å². The van der Waals surface area contributed by atoms with Crippen molar-refractivity contribution in [3.63, 3.8) is 0 Å². The van der Waals surface area contributed by atoms with E-state index in [9.17, 15) is 0 Å². The number of pyridine rings is 2. The number of hydrazine groups is 2. The molecule has 3 aromatic heterocycles. The van der Waals surface area contributed by atoms with Crippen molar-refractivity contribution >= 4 is 34.0 Å². The maximum atomic E-state index is 6.23. The number of ether oxygens (including phenoxy) is 1. The first kappa shape index (κ1) is 18.3. The second-order valence-corrected chi connectivity index (χ2v) is 7.40. The molecule has 0 bridgehead atoms. The van der Waals surface area contributed by atoms with Gasteiger partial charge in [0.1, 0.15) is 23.7 Å². The predicted molar refractivity (Wildman–Crippen MR) is 125 cm³/mol. The number of benzene rings is 2. The van der Waals surface area contributed by atoms with E-state index in [2.05, 4.69) is 31.2 Å². The van der Waals surface area contributed by atoms with Crippen LogP contribution in [-0.4, -0.2) is 33.0 Å². The van der Waals surface area contributed by atoms with E-state index in [-0.39, 0.29) is 0 Å². The van der Waals surface area contributed by atoms with Crippen molar-refractivity contribution in [1.82, 2.24) is 25.2 Å². The van der Waals surface area contributed by atoms with Gasteiger partial charge in [0.25, 0.3) is 0 Å². The van der Waals surface area contributed by atoms with E-state index in [1.165, 1.54) is 0 Å². The predicted octanol–water partition coefficient (Wildman–Crippen LogP) is 4.48. The Morgan fingerprint density at radius 2 is 1.72 bits per heavy atom. The van der Waals surface area contributed by atoms with Crippen LogP contribution in [0.4, 0.5) is 5.69 Å². The molecule has 0 saturated heterocycles. The Bertz CT molecular complexity index is 1460. The quantitative estimate of drug-likeness (QED) is 0.461. The van der Waals surface area contributed by atoms with Gasteiger partial charge in [-0.2, -0.15) is 0 Å². The standard InChI is InChI=1S/C24H19N7O/c1-29-27-16-30(28-29)17-6-4-7-18(14-17)32-19-10-11-20-22(15-19)31(23-9-2-3-12-25-23)21-8-5-13-26-24(20)21/h2-16,28H,1H3. The lowest BCUT2D eigenvalue weighted by atomic mass is 10.2. The van der Waals surface area contributed by atoms with Crippen LogP contribution in [0.3, 0.4) is 0 Å². The molecule has 4 heterocycles. The van der Waals surface area contributed by atoms with E-state index in [0.29, 0.717) is 0 Å². The lowest BCUT2D eigenvalue weighted by Crippen LogP contribution is -2.38. The monoisotopic (exact) mass is 421 g/mol. The highest BCUT2D eigenvalue weighted by molar-refractivity contribution is 6.07. The average Bonchev–Trinajstić information content (AvgIpc) is 3.41. The molecule has 156 valence electrons. The highest BCUT2D eigenvalue weighted by Crippen LogP contribution is 2.34. The molecule has 8 nitrogen and oxygen atoms in total. The molecule has 0 aliphatic carbocycles. The molecule has 1 N–H and O–H groups in total. The number of rotatable bonds is 4. The first-order valence-electron chi connectivity index (χ1n) is 10.2. The summed E-state index contributed by atoms with van der Waals surface area (Å²) in [6, 6.07) is 23.8. The molecule has 0 atom stereocenters. The summed E-state index contributed by atoms with van der Waals surface area (Å²) in [6.07, 6.45) is 5.32. The smallest absolute Gasteiger partial charge is 0.137 e. The van der Waals surface area contributed by atoms with Gasteiger partial charge < -0.3 is 4.74 Å². The van der Waals surface area contributed by atoms with Crippen molar-refractivity contribution in [3.8, 4) is 17.3 Å². The van der Waals surface area contributed by atoms with Crippen LogP contribution in [-0.2, 0) is 0 Å². The number of hydrazone groups is 1. The Morgan fingerprint density at radius 1 is 0.812 bits per heavy atom. The number of nitrogens with zero attached hydrogens (tertiary/aromatic N) is 6. The molecule has 8 heteroatoms. The number of hydrogen-bond acceptors (Lipinski definition) is 7. The van der Waals surface area contributed by atoms with Crippen LogP contribution in [0.1, 0.15) is 0 Å². The van der Waals surface area contributed by atoms with Gasteiger partial charge in [0.05, 0.1) is 22.2 Å². The largest absolute Gasteiger partial charge is 0.457 e. The highest BCUT2D eigenvalue weighted by Gasteiger charge is 2.15. The zero-order valence-electron chi connectivity index (χ0n) is 17.3. The summed E-state index contributed by atoms with van der Waals surface area (Å²) < 4.78 is 8.35. The molecule has 1 aliphatic rings. The number of anilines is 1. The Balaban J connectivity index is 1.43. The first-order chi connectivity index (χ1) is 15.8. The summed E-state index contributed by atoms with van der Waals surface area (Å²) in [6.45, 7) is 0. The summed E-state index contributed by atoms with van der Waals surface area (Å²) in [5.41, 5.74) is 6.94. The molecule has 0 spiro atoms. The third kappa shape index (κ3) is 3.10. The Hall–Kier alpha value is -4.43. The third-order valence-corrected chi connectivity index (χ3v) is 5.30. The van der Waals surface area contributed by atoms with Gasteiger partial charge in [-0.1, -0.05) is 12.1 Å². The fourth-order valence-corrected chi connectivity index (χ4v) is 3.90. The molecule has 1 aliphatic heterocycles. The van der Waals surface area contributed by atoms with Crippen LogP contribution in [0.5, 0.6) is 11.5 Å². The van der Waals surface area contributed by atoms with E-state index in [1.54, 1.807) is 17.7 Å². The van der Waals surface area contributed by atoms with Crippen LogP contribution in [0.2, 0.25) is 0 Å². The summed E-state index contributed by atoms with van der Waals surface area (Å²) in [5, 5.41) is 8.67. The van der Waals surface area contributed by atoms with Gasteiger partial charge >= 0.3 is 0 Å². The van der Waals surface area contributed by atoms with Crippen LogP contribution >= 0.6 is 0 Å². The zero-order valence-corrected chi connectivity index (χ0v) is 17.3. The van der Waals surface area contributed by atoms with Crippen molar-refractivity contribution < 1.29 is 4.74 Å². The van der Waals surface area contributed by atoms with Gasteiger partial charge in [-0.3, -0.25) is 9.55 Å². The van der Waals surface area contributed by atoms with Crippen LogP contribution in [0.15, 0.2) is 90.3 Å². The second-order valence-electron chi connectivity index (χ2n) is 7.40. The first-order valence-corrected chi connectivity index (χ1v) is 10.2. The molecule has 0 fully saturated rings. The molecule has 32 heavy (non-hydrogen) atoms. The Kier molecular flexibility index (Phi) is 4.22. The molecule has 0 saturated carbocycles. The van der Waals surface area contributed by atoms with Gasteiger partial charge in [-0.15, -0.1) is 10.6 Å². The molecular weight excluding hydrogens is 402 g/mol. The Morgan fingerprint density at radius 3 is 2.56 bits per heavy atom. The number of nitrogens with one attached hydrogen (secondary N) is 1. The normalized spacial score (nSPS) is 13.4. The summed E-state index contributed by atoms with van der Waals surface area (Å²) in [4.78, 5) is 9.18. The van der Waals surface area contributed by atoms with Crippen molar-refractivity contribution in [1.29, 1.82) is 0 Å². The fraction of sp³-hybridized carbons (Fsp3) is 0.0417. The third-order valence-electron chi connectivity index (χ3n) is 5.30. The lowest BCUT2D eigenvalue weighted by Gasteiger charge is -2.17. The van der Waals surface area contributed by atoms with E-state index in [4.69, 9.17) is 4.74 Å². The molecule has 0 unspecified atom stereocenters. The molecule has 0 radical (unpaired) electrons. The van der Waals surface area contributed by atoms with E-state index in [0.717, 1.165) is 44.9 Å². The summed E-state index contributed by atoms with van der Waals surface area (Å²) in [7, 11) is 1.83. The highest BCUT2D eigenvalue weighted by atomic mass is 16.5. The lowest BCUT2D eigenvalue weighted by molar-refractivity contribution is 0.279. The summed E-state index contributed by atoms with van der Waals surface area (Å²) >= 11 is 0. The van der Waals surface area contributed by atoms with Crippen molar-refractivity contribution in [3.05, 3.63) is 85.2 Å². The number of hydrogen-bond donors (Lipinski definition) is 1. The molecule has 0 amide bonds. The topological polar surface area (TPSA) is 70.8 Å². The minimum atomic E-state index is 0.727. The minimum absolute atomic E-state index is 0.727. The van der Waals surface area contributed by atoms with Gasteiger partial charge in [-0.05, 0) is 48.5 Å². The maximum absolute atomic E-state index is 6.23. The average molecular weight is 421 g/mol. The van der Waals surface area contributed by atoms with Gasteiger partial charge in [0.2, 0.25) is 0 Å². The van der Waals surface area contributed by atoms with Crippen LogP contribution in [0, 0.1) is 0 Å². The number of fused-ring (bicyclic) bond motifs is 3. The maximum Gasteiger partial charge on any atom is 0.137 e. The van der Waals surface area contributed by atoms with Gasteiger partial charge in [0.15, 0.2) is 0 Å². The Labute approximate surface area is 183 Å².